The second-order valence-electron chi connectivity index (χ2n) is 6.71. The van der Waals surface area contributed by atoms with Crippen LogP contribution in [0, 0.1) is 19.8 Å². The average Bonchev–Trinajstić information content (AvgIpc) is 3.10. The molecule has 1 unspecified atom stereocenters. The molecule has 0 radical (unpaired) electrons. The zero-order chi connectivity index (χ0) is 16.5. The van der Waals surface area contributed by atoms with Crippen molar-refractivity contribution >= 4 is 11.1 Å². The molecule has 3 aromatic rings. The maximum absolute atomic E-state index is 5.87. The van der Waals surface area contributed by atoms with Gasteiger partial charge in [-0.15, -0.1) is 0 Å². The summed E-state index contributed by atoms with van der Waals surface area (Å²) in [6.07, 6.45) is 2.44. The molecular formula is C18H23N5O. The van der Waals surface area contributed by atoms with Crippen molar-refractivity contribution in [2.45, 2.75) is 39.8 Å². The molecule has 6 heteroatoms. The Balaban J connectivity index is 1.42. The number of likely N-dealkylation sites (tertiary alicyclic amines) is 1. The number of hydrogen-bond donors (Lipinski definition) is 0. The van der Waals surface area contributed by atoms with E-state index in [4.69, 9.17) is 4.42 Å². The standard InChI is InChI=1S/C18H23N5O/c1-13-19-14(2)23(21-13)11-15-6-5-9-22(10-15)12-18-20-16-7-3-4-8-17(16)24-18/h3-4,7-8,15H,5-6,9-12H2,1-2H3. The van der Waals surface area contributed by atoms with Crippen molar-refractivity contribution in [3.8, 4) is 0 Å². The minimum atomic E-state index is 0.600. The largest absolute Gasteiger partial charge is 0.439 e. The number of para-hydroxylation sites is 2. The van der Waals surface area contributed by atoms with Crippen molar-refractivity contribution in [3.63, 3.8) is 0 Å². The summed E-state index contributed by atoms with van der Waals surface area (Å²) >= 11 is 0. The maximum atomic E-state index is 5.87. The molecule has 0 amide bonds. The Labute approximate surface area is 141 Å². The van der Waals surface area contributed by atoms with Gasteiger partial charge in [0.15, 0.2) is 5.58 Å². The minimum absolute atomic E-state index is 0.600. The third-order valence-corrected chi connectivity index (χ3v) is 4.69. The fraction of sp³-hybridized carbons (Fsp3) is 0.500. The number of aromatic nitrogens is 4. The number of aryl methyl sites for hydroxylation is 2. The lowest BCUT2D eigenvalue weighted by Gasteiger charge is -2.31. The van der Waals surface area contributed by atoms with Gasteiger partial charge in [-0.2, -0.15) is 5.10 Å². The van der Waals surface area contributed by atoms with Gasteiger partial charge in [-0.3, -0.25) is 4.90 Å². The lowest BCUT2D eigenvalue weighted by molar-refractivity contribution is 0.142. The minimum Gasteiger partial charge on any atom is -0.439 e. The van der Waals surface area contributed by atoms with Crippen LogP contribution in [0.4, 0.5) is 0 Å². The predicted molar refractivity (Wildman–Crippen MR) is 91.5 cm³/mol. The van der Waals surface area contributed by atoms with Crippen molar-refractivity contribution < 1.29 is 4.42 Å². The highest BCUT2D eigenvalue weighted by molar-refractivity contribution is 5.72. The molecule has 0 aliphatic carbocycles. The molecule has 24 heavy (non-hydrogen) atoms. The van der Waals surface area contributed by atoms with Gasteiger partial charge in [0.2, 0.25) is 5.89 Å². The first-order valence-corrected chi connectivity index (χ1v) is 8.62. The molecule has 6 nitrogen and oxygen atoms in total. The van der Waals surface area contributed by atoms with Crippen LogP contribution in [0.2, 0.25) is 0 Å². The van der Waals surface area contributed by atoms with E-state index in [-0.39, 0.29) is 0 Å². The Morgan fingerprint density at radius 2 is 2.08 bits per heavy atom. The molecule has 126 valence electrons. The third-order valence-electron chi connectivity index (χ3n) is 4.69. The number of nitrogens with zero attached hydrogens (tertiary/aromatic N) is 5. The summed E-state index contributed by atoms with van der Waals surface area (Å²) in [4.78, 5) is 11.4. The molecule has 1 saturated heterocycles. The van der Waals surface area contributed by atoms with Crippen molar-refractivity contribution in [2.75, 3.05) is 13.1 Å². The number of fused-ring (bicyclic) bond motifs is 1. The van der Waals surface area contributed by atoms with Crippen LogP contribution in [0.15, 0.2) is 28.7 Å². The van der Waals surface area contributed by atoms with Gasteiger partial charge in [0.1, 0.15) is 17.2 Å². The summed E-state index contributed by atoms with van der Waals surface area (Å²) in [5.74, 6) is 3.27. The average molecular weight is 325 g/mol. The molecule has 1 atom stereocenters. The highest BCUT2D eigenvalue weighted by Crippen LogP contribution is 2.22. The fourth-order valence-electron chi connectivity index (χ4n) is 3.60. The molecule has 3 heterocycles. The summed E-state index contributed by atoms with van der Waals surface area (Å²) < 4.78 is 7.91. The van der Waals surface area contributed by atoms with E-state index in [0.29, 0.717) is 5.92 Å². The second kappa shape index (κ2) is 6.36. The van der Waals surface area contributed by atoms with Crippen LogP contribution in [-0.4, -0.2) is 37.7 Å². The number of piperidine rings is 1. The lowest BCUT2D eigenvalue weighted by atomic mass is 9.98. The van der Waals surface area contributed by atoms with Gasteiger partial charge in [-0.1, -0.05) is 12.1 Å². The summed E-state index contributed by atoms with van der Waals surface area (Å²) in [7, 11) is 0. The number of rotatable bonds is 4. The van der Waals surface area contributed by atoms with E-state index in [1.165, 1.54) is 12.8 Å². The molecule has 1 aromatic carbocycles. The smallest absolute Gasteiger partial charge is 0.209 e. The zero-order valence-electron chi connectivity index (χ0n) is 14.3. The molecule has 4 rings (SSSR count). The second-order valence-corrected chi connectivity index (χ2v) is 6.71. The van der Waals surface area contributed by atoms with Crippen molar-refractivity contribution in [1.29, 1.82) is 0 Å². The van der Waals surface area contributed by atoms with Crippen LogP contribution < -0.4 is 0 Å². The summed E-state index contributed by atoms with van der Waals surface area (Å²) in [5.41, 5.74) is 1.81. The third kappa shape index (κ3) is 3.19. The predicted octanol–water partition coefficient (Wildman–Crippen LogP) is 2.95. The summed E-state index contributed by atoms with van der Waals surface area (Å²) in [5, 5.41) is 4.50. The van der Waals surface area contributed by atoms with Crippen LogP contribution in [0.1, 0.15) is 30.4 Å². The van der Waals surface area contributed by atoms with Gasteiger partial charge in [0.05, 0.1) is 6.54 Å². The Morgan fingerprint density at radius 1 is 1.21 bits per heavy atom. The van der Waals surface area contributed by atoms with Gasteiger partial charge < -0.3 is 4.42 Å². The monoisotopic (exact) mass is 325 g/mol. The summed E-state index contributed by atoms with van der Waals surface area (Å²) in [6.45, 7) is 7.85. The Morgan fingerprint density at radius 3 is 2.88 bits per heavy atom. The lowest BCUT2D eigenvalue weighted by Crippen LogP contribution is -2.37. The first kappa shape index (κ1) is 15.3. The molecule has 1 aliphatic heterocycles. The normalized spacial score (nSPS) is 19.2. The first-order valence-electron chi connectivity index (χ1n) is 8.62. The number of oxazole rings is 1. The van der Waals surface area contributed by atoms with Gasteiger partial charge in [-0.25, -0.2) is 14.6 Å². The van der Waals surface area contributed by atoms with Crippen LogP contribution in [0.25, 0.3) is 11.1 Å². The van der Waals surface area contributed by atoms with Crippen LogP contribution in [-0.2, 0) is 13.1 Å². The van der Waals surface area contributed by atoms with E-state index in [2.05, 4.69) is 20.0 Å². The summed E-state index contributed by atoms with van der Waals surface area (Å²) in [6, 6.07) is 7.95. The quantitative estimate of drug-likeness (QED) is 0.738. The van der Waals surface area contributed by atoms with Gasteiger partial charge >= 0.3 is 0 Å². The van der Waals surface area contributed by atoms with E-state index in [0.717, 1.165) is 54.8 Å². The van der Waals surface area contributed by atoms with Crippen molar-refractivity contribution in [2.24, 2.45) is 5.92 Å². The number of hydrogen-bond acceptors (Lipinski definition) is 5. The van der Waals surface area contributed by atoms with Gasteiger partial charge in [-0.05, 0) is 51.3 Å². The van der Waals surface area contributed by atoms with E-state index < -0.39 is 0 Å². The van der Waals surface area contributed by atoms with Gasteiger partial charge in [0.25, 0.3) is 0 Å². The Hall–Kier alpha value is -2.21. The molecule has 0 N–H and O–H groups in total. The van der Waals surface area contributed by atoms with Crippen LogP contribution >= 0.6 is 0 Å². The van der Waals surface area contributed by atoms with E-state index in [9.17, 15) is 0 Å². The molecular weight excluding hydrogens is 302 g/mol. The van der Waals surface area contributed by atoms with E-state index in [1.807, 2.05) is 42.8 Å². The van der Waals surface area contributed by atoms with Gasteiger partial charge in [0, 0.05) is 13.1 Å². The van der Waals surface area contributed by atoms with E-state index >= 15 is 0 Å². The van der Waals surface area contributed by atoms with Crippen LogP contribution in [0.5, 0.6) is 0 Å². The first-order chi connectivity index (χ1) is 11.7. The molecule has 1 fully saturated rings. The molecule has 2 aromatic heterocycles. The highest BCUT2D eigenvalue weighted by Gasteiger charge is 2.22. The number of benzene rings is 1. The molecule has 1 aliphatic rings. The zero-order valence-corrected chi connectivity index (χ0v) is 14.3. The van der Waals surface area contributed by atoms with Crippen molar-refractivity contribution in [1.82, 2.24) is 24.6 Å². The Bertz CT molecular complexity index is 804. The SMILES string of the molecule is Cc1nc(C)n(CC2CCCN(Cc3nc4ccccc4o3)C2)n1. The van der Waals surface area contributed by atoms with Crippen molar-refractivity contribution in [3.05, 3.63) is 41.8 Å². The molecule has 0 saturated carbocycles. The van der Waals surface area contributed by atoms with Crippen LogP contribution in [0.3, 0.4) is 0 Å². The Kier molecular flexibility index (Phi) is 4.06. The highest BCUT2D eigenvalue weighted by atomic mass is 16.3. The molecule has 0 bridgehead atoms. The fourth-order valence-corrected chi connectivity index (χ4v) is 3.60. The molecule has 0 spiro atoms. The topological polar surface area (TPSA) is 60.0 Å². The van der Waals surface area contributed by atoms with E-state index in [1.54, 1.807) is 0 Å². The maximum Gasteiger partial charge on any atom is 0.209 e.